The Morgan fingerprint density at radius 2 is 1.71 bits per heavy atom. The minimum absolute atomic E-state index is 0.0329. The maximum Gasteiger partial charge on any atom is 0.303 e. The van der Waals surface area contributed by atoms with E-state index < -0.39 is 23.7 Å². The summed E-state index contributed by atoms with van der Waals surface area (Å²) >= 11 is 5.95. The van der Waals surface area contributed by atoms with Crippen LogP contribution in [0.3, 0.4) is 0 Å². The standard InChI is InChI=1S/C25H26ClNO7/c1-33-17-11-12-18(19(14-17)34-2)22-21(23(30)15-7-9-16(26)10-8-15)24(31)25(32)27(22)13-5-3-4-6-20(28)29/h7-12,14,22,30H,3-6,13H2,1-2H3,(H,28,29)/t22-/m0/s1. The van der Waals surface area contributed by atoms with Crippen molar-refractivity contribution in [2.75, 3.05) is 20.8 Å². The minimum Gasteiger partial charge on any atom is -0.507 e. The third-order valence-corrected chi connectivity index (χ3v) is 5.93. The fourth-order valence-corrected chi connectivity index (χ4v) is 4.10. The van der Waals surface area contributed by atoms with Crippen LogP contribution in [-0.2, 0) is 14.4 Å². The van der Waals surface area contributed by atoms with Gasteiger partial charge in [0.05, 0.1) is 25.8 Å². The second kappa shape index (κ2) is 11.1. The molecule has 1 fully saturated rings. The van der Waals surface area contributed by atoms with Gasteiger partial charge in [-0.25, -0.2) is 0 Å². The van der Waals surface area contributed by atoms with E-state index in [9.17, 15) is 19.5 Å². The molecule has 8 nitrogen and oxygen atoms in total. The number of likely N-dealkylation sites (tertiary alicyclic amines) is 1. The lowest BCUT2D eigenvalue weighted by atomic mass is 9.94. The molecule has 1 aliphatic heterocycles. The number of halogens is 1. The molecule has 0 bridgehead atoms. The highest BCUT2D eigenvalue weighted by Gasteiger charge is 2.46. The number of amides is 1. The second-order valence-electron chi connectivity index (χ2n) is 7.81. The number of Topliss-reactive ketones (excluding diaryl/α,β-unsaturated/α-hetero) is 1. The number of ketones is 1. The number of ether oxygens (including phenoxy) is 2. The average molecular weight is 488 g/mol. The van der Waals surface area contributed by atoms with Crippen LogP contribution in [0.25, 0.3) is 5.76 Å². The first-order valence-electron chi connectivity index (χ1n) is 10.8. The van der Waals surface area contributed by atoms with Gasteiger partial charge in [-0.15, -0.1) is 0 Å². The third kappa shape index (κ3) is 5.34. The van der Waals surface area contributed by atoms with Crippen LogP contribution in [0.1, 0.15) is 42.9 Å². The summed E-state index contributed by atoms with van der Waals surface area (Å²) in [4.78, 5) is 38.3. The lowest BCUT2D eigenvalue weighted by Gasteiger charge is -2.27. The molecule has 9 heteroatoms. The zero-order valence-corrected chi connectivity index (χ0v) is 19.7. The minimum atomic E-state index is -0.893. The molecule has 0 spiro atoms. The summed E-state index contributed by atoms with van der Waals surface area (Å²) in [6.07, 6.45) is 1.56. The first-order valence-corrected chi connectivity index (χ1v) is 11.1. The summed E-state index contributed by atoms with van der Waals surface area (Å²) in [6, 6.07) is 10.4. The number of carboxylic acids is 1. The van der Waals surface area contributed by atoms with Gasteiger partial charge in [-0.05, 0) is 49.2 Å². The molecular formula is C25H26ClNO7. The number of unbranched alkanes of at least 4 members (excludes halogenated alkanes) is 2. The predicted octanol–water partition coefficient (Wildman–Crippen LogP) is 4.42. The van der Waals surface area contributed by atoms with Crippen LogP contribution < -0.4 is 9.47 Å². The molecule has 34 heavy (non-hydrogen) atoms. The van der Waals surface area contributed by atoms with Crippen LogP contribution in [0, 0.1) is 0 Å². The molecule has 0 radical (unpaired) electrons. The summed E-state index contributed by atoms with van der Waals surface area (Å²) in [6.45, 7) is 0.210. The van der Waals surface area contributed by atoms with Crippen molar-refractivity contribution in [1.29, 1.82) is 0 Å². The van der Waals surface area contributed by atoms with Crippen LogP contribution in [-0.4, -0.2) is 53.5 Å². The normalized spacial score (nSPS) is 17.1. The Hall–Kier alpha value is -3.52. The fourth-order valence-electron chi connectivity index (χ4n) is 3.98. The molecule has 0 aromatic heterocycles. The molecule has 1 heterocycles. The predicted molar refractivity (Wildman–Crippen MR) is 126 cm³/mol. The fraction of sp³-hybridized carbons (Fsp3) is 0.320. The highest BCUT2D eigenvalue weighted by molar-refractivity contribution is 6.46. The van der Waals surface area contributed by atoms with E-state index in [4.69, 9.17) is 26.2 Å². The van der Waals surface area contributed by atoms with Crippen LogP contribution in [0.4, 0.5) is 0 Å². The lowest BCUT2D eigenvalue weighted by Crippen LogP contribution is -2.31. The van der Waals surface area contributed by atoms with Gasteiger partial charge < -0.3 is 24.6 Å². The number of benzene rings is 2. The summed E-state index contributed by atoms with van der Waals surface area (Å²) in [5.74, 6) is -1.82. The first-order chi connectivity index (χ1) is 16.3. The van der Waals surface area contributed by atoms with Gasteiger partial charge >= 0.3 is 5.97 Å². The van der Waals surface area contributed by atoms with Crippen LogP contribution in [0.2, 0.25) is 5.02 Å². The van der Waals surface area contributed by atoms with Crippen molar-refractivity contribution < 1.29 is 34.1 Å². The number of aliphatic hydroxyl groups is 1. The van der Waals surface area contributed by atoms with E-state index in [1.165, 1.54) is 19.1 Å². The molecular weight excluding hydrogens is 462 g/mol. The SMILES string of the molecule is COc1ccc([C@H]2C(=C(O)c3ccc(Cl)cc3)C(=O)C(=O)N2CCCCCC(=O)O)c(OC)c1. The smallest absolute Gasteiger partial charge is 0.303 e. The van der Waals surface area contributed by atoms with E-state index in [0.717, 1.165) is 0 Å². The first kappa shape index (κ1) is 25.1. The van der Waals surface area contributed by atoms with E-state index in [0.29, 0.717) is 46.9 Å². The van der Waals surface area contributed by atoms with E-state index in [-0.39, 0.29) is 24.3 Å². The van der Waals surface area contributed by atoms with Crippen molar-refractivity contribution in [1.82, 2.24) is 4.90 Å². The molecule has 2 N–H and O–H groups in total. The van der Waals surface area contributed by atoms with Crippen molar-refractivity contribution >= 4 is 35.0 Å². The molecule has 0 unspecified atom stereocenters. The Morgan fingerprint density at radius 3 is 2.32 bits per heavy atom. The van der Waals surface area contributed by atoms with Crippen molar-refractivity contribution in [3.05, 3.63) is 64.2 Å². The van der Waals surface area contributed by atoms with Gasteiger partial charge in [0, 0.05) is 35.2 Å². The summed E-state index contributed by atoms with van der Waals surface area (Å²) < 4.78 is 10.8. The average Bonchev–Trinajstić information content (AvgIpc) is 3.08. The maximum atomic E-state index is 13.1. The van der Waals surface area contributed by atoms with Crippen LogP contribution >= 0.6 is 11.6 Å². The van der Waals surface area contributed by atoms with Crippen molar-refractivity contribution in [2.24, 2.45) is 0 Å². The number of carbonyl (C=O) groups excluding carboxylic acids is 2. The number of rotatable bonds is 10. The summed E-state index contributed by atoms with van der Waals surface area (Å²) in [5, 5.41) is 20.4. The van der Waals surface area contributed by atoms with Gasteiger partial charge in [-0.1, -0.05) is 18.0 Å². The zero-order valence-electron chi connectivity index (χ0n) is 18.9. The number of aliphatic hydroxyl groups excluding tert-OH is 1. The Labute approximate surface area is 202 Å². The lowest BCUT2D eigenvalue weighted by molar-refractivity contribution is -0.140. The number of aliphatic carboxylic acids is 1. The molecule has 0 saturated carbocycles. The molecule has 1 saturated heterocycles. The van der Waals surface area contributed by atoms with Crippen LogP contribution in [0.15, 0.2) is 48.0 Å². The van der Waals surface area contributed by atoms with Gasteiger partial charge in [0.2, 0.25) is 0 Å². The molecule has 1 aliphatic rings. The van der Waals surface area contributed by atoms with Gasteiger partial charge in [-0.3, -0.25) is 14.4 Å². The van der Waals surface area contributed by atoms with Crippen molar-refractivity contribution in [3.63, 3.8) is 0 Å². The van der Waals surface area contributed by atoms with Crippen LogP contribution in [0.5, 0.6) is 11.5 Å². The molecule has 2 aromatic rings. The molecule has 1 atom stereocenters. The number of carbonyl (C=O) groups is 3. The highest BCUT2D eigenvalue weighted by atomic mass is 35.5. The number of nitrogens with zero attached hydrogens (tertiary/aromatic N) is 1. The Morgan fingerprint density at radius 1 is 1.00 bits per heavy atom. The molecule has 3 rings (SSSR count). The van der Waals surface area contributed by atoms with Gasteiger partial charge in [0.15, 0.2) is 0 Å². The molecule has 1 amide bonds. The monoisotopic (exact) mass is 487 g/mol. The summed E-state index contributed by atoms with van der Waals surface area (Å²) in [7, 11) is 2.98. The van der Waals surface area contributed by atoms with E-state index in [1.54, 1.807) is 42.5 Å². The second-order valence-corrected chi connectivity index (χ2v) is 8.25. The van der Waals surface area contributed by atoms with E-state index in [1.807, 2.05) is 0 Å². The third-order valence-electron chi connectivity index (χ3n) is 5.68. The summed E-state index contributed by atoms with van der Waals surface area (Å²) in [5.41, 5.74) is 0.811. The van der Waals surface area contributed by atoms with Crippen molar-refractivity contribution in [3.8, 4) is 11.5 Å². The Bertz CT molecular complexity index is 1110. The molecule has 180 valence electrons. The Balaban J connectivity index is 2.06. The van der Waals surface area contributed by atoms with Gasteiger partial charge in [-0.2, -0.15) is 0 Å². The largest absolute Gasteiger partial charge is 0.507 e. The highest BCUT2D eigenvalue weighted by Crippen LogP contribution is 2.43. The number of hydrogen-bond acceptors (Lipinski definition) is 6. The topological polar surface area (TPSA) is 113 Å². The zero-order chi connectivity index (χ0) is 24.8. The van der Waals surface area contributed by atoms with Gasteiger partial charge in [0.1, 0.15) is 17.3 Å². The van der Waals surface area contributed by atoms with E-state index in [2.05, 4.69) is 0 Å². The number of hydrogen-bond donors (Lipinski definition) is 2. The Kier molecular flexibility index (Phi) is 8.17. The number of methoxy groups -OCH3 is 2. The van der Waals surface area contributed by atoms with Gasteiger partial charge in [0.25, 0.3) is 11.7 Å². The number of carboxylic acid groups (broad SMARTS) is 1. The van der Waals surface area contributed by atoms with E-state index >= 15 is 0 Å². The quantitative estimate of drug-likeness (QED) is 0.220. The van der Waals surface area contributed by atoms with Crippen molar-refractivity contribution in [2.45, 2.75) is 31.7 Å². The molecule has 2 aromatic carbocycles. The maximum absolute atomic E-state index is 13.1. The molecule has 0 aliphatic carbocycles.